The van der Waals surface area contributed by atoms with Gasteiger partial charge in [-0.15, -0.1) is 0 Å². The molecule has 1 aromatic heterocycles. The highest BCUT2D eigenvalue weighted by Gasteiger charge is 2.16. The SMILES string of the molecule is CCCCCCCCCCCCCCOc1ccc(-c2cc(C(=O)/C=C(\O)c3ccc(OCCCCCCCCCCCCCC)cc3O)no2)cc1. The number of ketones is 1. The molecule has 7 heteroatoms. The second kappa shape index (κ2) is 27.8. The lowest BCUT2D eigenvalue weighted by Crippen LogP contribution is -1.99. The van der Waals surface area contributed by atoms with Crippen molar-refractivity contribution in [2.75, 3.05) is 13.2 Å². The normalized spacial score (nSPS) is 11.6. The monoisotopic (exact) mass is 732 g/mol. The zero-order valence-corrected chi connectivity index (χ0v) is 33.1. The molecule has 2 aromatic carbocycles. The summed E-state index contributed by atoms with van der Waals surface area (Å²) in [7, 11) is 0. The molecule has 0 saturated heterocycles. The number of aliphatic hydroxyl groups is 1. The van der Waals surface area contributed by atoms with Crippen molar-refractivity contribution < 1.29 is 29.0 Å². The number of hydrogen-bond donors (Lipinski definition) is 2. The molecular weight excluding hydrogens is 663 g/mol. The first kappa shape index (κ1) is 43.7. The van der Waals surface area contributed by atoms with Gasteiger partial charge in [-0.05, 0) is 49.2 Å². The third-order valence-corrected chi connectivity index (χ3v) is 9.95. The third-order valence-electron chi connectivity index (χ3n) is 9.95. The van der Waals surface area contributed by atoms with Gasteiger partial charge in [0.15, 0.2) is 11.5 Å². The number of carbonyl (C=O) groups is 1. The lowest BCUT2D eigenvalue weighted by molar-refractivity contribution is 0.103. The smallest absolute Gasteiger partial charge is 0.211 e. The first-order valence-electron chi connectivity index (χ1n) is 21.1. The molecule has 0 aliphatic rings. The number of hydrogen-bond acceptors (Lipinski definition) is 7. The van der Waals surface area contributed by atoms with Crippen LogP contribution in [0.5, 0.6) is 17.2 Å². The maximum Gasteiger partial charge on any atom is 0.211 e. The van der Waals surface area contributed by atoms with E-state index in [-0.39, 0.29) is 22.8 Å². The molecule has 3 rings (SSSR count). The predicted octanol–water partition coefficient (Wildman–Crippen LogP) is 14.0. The largest absolute Gasteiger partial charge is 0.507 e. The van der Waals surface area contributed by atoms with E-state index < -0.39 is 5.78 Å². The first-order chi connectivity index (χ1) is 26.0. The molecule has 0 bridgehead atoms. The number of aromatic nitrogens is 1. The summed E-state index contributed by atoms with van der Waals surface area (Å²) in [6, 6.07) is 13.8. The molecule has 0 fully saturated rings. The highest BCUT2D eigenvalue weighted by atomic mass is 16.5. The maximum atomic E-state index is 12.9. The van der Waals surface area contributed by atoms with Crippen molar-refractivity contribution >= 4 is 11.5 Å². The van der Waals surface area contributed by atoms with Gasteiger partial charge in [0, 0.05) is 23.8 Å². The Morgan fingerprint density at radius 1 is 0.604 bits per heavy atom. The minimum absolute atomic E-state index is 0.0562. The fourth-order valence-electron chi connectivity index (χ4n) is 6.60. The van der Waals surface area contributed by atoms with Crippen molar-refractivity contribution in [2.45, 2.75) is 168 Å². The Balaban J connectivity index is 1.30. The van der Waals surface area contributed by atoms with Crippen LogP contribution < -0.4 is 9.47 Å². The Hall–Kier alpha value is -3.74. The summed E-state index contributed by atoms with van der Waals surface area (Å²) in [6.45, 7) is 5.79. The molecule has 3 aromatic rings. The van der Waals surface area contributed by atoms with Crippen LogP contribution in [0.4, 0.5) is 0 Å². The van der Waals surface area contributed by atoms with Crippen LogP contribution in [0, 0.1) is 0 Å². The molecule has 2 N–H and O–H groups in total. The highest BCUT2D eigenvalue weighted by Crippen LogP contribution is 2.29. The van der Waals surface area contributed by atoms with E-state index in [9.17, 15) is 15.0 Å². The average Bonchev–Trinajstić information content (AvgIpc) is 3.66. The minimum Gasteiger partial charge on any atom is -0.507 e. The number of phenolic OH excluding ortho intramolecular Hbond substituents is 1. The fraction of sp³-hybridized carbons (Fsp3) is 0.609. The van der Waals surface area contributed by atoms with E-state index in [4.69, 9.17) is 14.0 Å². The summed E-state index contributed by atoms with van der Waals surface area (Å²) >= 11 is 0. The molecule has 0 amide bonds. The van der Waals surface area contributed by atoms with Gasteiger partial charge in [0.1, 0.15) is 23.0 Å². The highest BCUT2D eigenvalue weighted by molar-refractivity contribution is 6.07. The Morgan fingerprint density at radius 3 is 1.51 bits per heavy atom. The summed E-state index contributed by atoms with van der Waals surface area (Å²) in [5.74, 6) is 0.689. The van der Waals surface area contributed by atoms with Crippen molar-refractivity contribution in [2.24, 2.45) is 0 Å². The summed E-state index contributed by atoms with van der Waals surface area (Å²) in [5.41, 5.74) is 0.957. The second-order valence-corrected chi connectivity index (χ2v) is 14.6. The topological polar surface area (TPSA) is 102 Å². The predicted molar refractivity (Wildman–Crippen MR) is 218 cm³/mol. The average molecular weight is 732 g/mol. The third kappa shape index (κ3) is 18.7. The number of aliphatic hydroxyl groups excluding tert-OH is 1. The van der Waals surface area contributed by atoms with Gasteiger partial charge >= 0.3 is 0 Å². The lowest BCUT2D eigenvalue weighted by Gasteiger charge is -2.09. The summed E-state index contributed by atoms with van der Waals surface area (Å²) in [5, 5.41) is 25.1. The van der Waals surface area contributed by atoms with E-state index in [0.29, 0.717) is 24.7 Å². The number of phenols is 1. The van der Waals surface area contributed by atoms with Crippen LogP contribution >= 0.6 is 0 Å². The molecule has 0 aliphatic carbocycles. The summed E-state index contributed by atoms with van der Waals surface area (Å²) < 4.78 is 17.2. The van der Waals surface area contributed by atoms with Crippen molar-refractivity contribution in [3.05, 3.63) is 65.9 Å². The van der Waals surface area contributed by atoms with Crippen molar-refractivity contribution in [1.29, 1.82) is 0 Å². The summed E-state index contributed by atoms with van der Waals surface area (Å²) in [4.78, 5) is 12.9. The van der Waals surface area contributed by atoms with E-state index in [1.165, 1.54) is 141 Å². The van der Waals surface area contributed by atoms with Crippen LogP contribution in [0.15, 0.2) is 59.1 Å². The molecule has 0 atom stereocenters. The van der Waals surface area contributed by atoms with E-state index >= 15 is 0 Å². The second-order valence-electron chi connectivity index (χ2n) is 14.6. The molecule has 1 heterocycles. The molecule has 0 saturated carbocycles. The van der Waals surface area contributed by atoms with Gasteiger partial charge < -0.3 is 24.2 Å². The van der Waals surface area contributed by atoms with Crippen LogP contribution in [-0.2, 0) is 0 Å². The molecule has 0 spiro atoms. The Labute approximate surface area is 320 Å². The van der Waals surface area contributed by atoms with Gasteiger partial charge in [0.25, 0.3) is 0 Å². The Morgan fingerprint density at radius 2 is 1.04 bits per heavy atom. The molecule has 0 aliphatic heterocycles. The Bertz CT molecular complexity index is 1410. The van der Waals surface area contributed by atoms with Crippen molar-refractivity contribution in [1.82, 2.24) is 5.16 Å². The van der Waals surface area contributed by atoms with Crippen molar-refractivity contribution in [3.63, 3.8) is 0 Å². The number of rotatable bonds is 32. The number of benzene rings is 2. The van der Waals surface area contributed by atoms with Crippen LogP contribution in [0.3, 0.4) is 0 Å². The lowest BCUT2D eigenvalue weighted by atomic mass is 10.1. The number of nitrogens with zero attached hydrogens (tertiary/aromatic N) is 1. The van der Waals surface area contributed by atoms with E-state index in [1.54, 1.807) is 18.2 Å². The molecular formula is C46H69NO6. The van der Waals surface area contributed by atoms with E-state index in [1.807, 2.05) is 24.3 Å². The van der Waals surface area contributed by atoms with Crippen LogP contribution in [0.25, 0.3) is 17.1 Å². The fourth-order valence-corrected chi connectivity index (χ4v) is 6.60. The molecule has 0 radical (unpaired) electrons. The molecule has 0 unspecified atom stereocenters. The van der Waals surface area contributed by atoms with E-state index in [0.717, 1.165) is 36.7 Å². The Kier molecular flexibility index (Phi) is 22.9. The standard InChI is InChI=1S/C46H69NO6/c1-3-5-7-9-11-13-15-17-19-21-23-25-33-51-39-29-27-38(28-30-39)46-36-42(47-53-46)45(50)37-44(49)41-32-31-40(35-43(41)48)52-34-26-24-22-20-18-16-14-12-10-8-6-4-2/h27-32,35-37,48-49H,3-26,33-34H2,1-2H3/b44-37-. The van der Waals surface area contributed by atoms with Gasteiger partial charge in [0.2, 0.25) is 5.78 Å². The van der Waals surface area contributed by atoms with Crippen LogP contribution in [-0.4, -0.2) is 34.4 Å². The van der Waals surface area contributed by atoms with Crippen molar-refractivity contribution in [3.8, 4) is 28.6 Å². The van der Waals surface area contributed by atoms with Gasteiger partial charge in [-0.3, -0.25) is 4.79 Å². The zero-order valence-electron chi connectivity index (χ0n) is 33.1. The number of ether oxygens (including phenoxy) is 2. The number of allylic oxidation sites excluding steroid dienone is 1. The maximum absolute atomic E-state index is 12.9. The quantitative estimate of drug-likeness (QED) is 0.0285. The van der Waals surface area contributed by atoms with Gasteiger partial charge in [-0.25, -0.2) is 0 Å². The zero-order chi connectivity index (χ0) is 37.8. The van der Waals surface area contributed by atoms with Gasteiger partial charge in [-0.1, -0.05) is 160 Å². The number of unbranched alkanes of at least 4 members (excludes halogenated alkanes) is 22. The molecule has 7 nitrogen and oxygen atoms in total. The molecule has 53 heavy (non-hydrogen) atoms. The number of carbonyl (C=O) groups excluding carboxylic acids is 1. The van der Waals surface area contributed by atoms with E-state index in [2.05, 4.69) is 19.0 Å². The van der Waals surface area contributed by atoms with Gasteiger partial charge in [-0.2, -0.15) is 0 Å². The van der Waals surface area contributed by atoms with Crippen LogP contribution in [0.2, 0.25) is 0 Å². The van der Waals surface area contributed by atoms with Gasteiger partial charge in [0.05, 0.1) is 18.8 Å². The summed E-state index contributed by atoms with van der Waals surface area (Å²) in [6.07, 6.45) is 32.2. The van der Waals surface area contributed by atoms with Crippen LogP contribution in [0.1, 0.15) is 184 Å². The first-order valence-corrected chi connectivity index (χ1v) is 21.1. The minimum atomic E-state index is -0.536. The number of aromatic hydroxyl groups is 1. The molecule has 294 valence electrons.